The second kappa shape index (κ2) is 11.4. The average Bonchev–Trinajstić information content (AvgIpc) is 3.35. The number of benzene rings is 4. The molecule has 0 bridgehead atoms. The van der Waals surface area contributed by atoms with Crippen LogP contribution >= 0.6 is 0 Å². The van der Waals surface area contributed by atoms with Crippen LogP contribution in [0, 0.1) is 6.92 Å². The van der Waals surface area contributed by atoms with Crippen molar-refractivity contribution in [3.05, 3.63) is 138 Å². The van der Waals surface area contributed by atoms with Gasteiger partial charge in [-0.3, -0.25) is 4.18 Å². The number of aryl methyl sites for hydroxylation is 3. The standard InChI is InChI=1S/C32H31NO4S/c1-24-12-17-29(18-13-24)38(35,36)37-23-31(34)32(27-10-6-3-7-11-27)33-21-20-28-22-26(16-19-30(28)33)15-14-25-8-4-2-5-9-25/h2-13,16-22,31-32,34H,14-15,23H2,1H3/t31-,32+/m1/s1. The molecule has 6 heteroatoms. The molecule has 0 saturated carbocycles. The van der Waals surface area contributed by atoms with Crippen LogP contribution in [0.3, 0.4) is 0 Å². The molecular weight excluding hydrogens is 494 g/mol. The van der Waals surface area contributed by atoms with E-state index in [9.17, 15) is 13.5 Å². The van der Waals surface area contributed by atoms with E-state index in [0.717, 1.165) is 34.9 Å². The summed E-state index contributed by atoms with van der Waals surface area (Å²) in [4.78, 5) is 0.0704. The minimum Gasteiger partial charge on any atom is -0.388 e. The molecule has 0 aliphatic carbocycles. The Hall–Kier alpha value is -3.71. The first-order chi connectivity index (χ1) is 18.4. The summed E-state index contributed by atoms with van der Waals surface area (Å²) < 4.78 is 32.9. The average molecular weight is 526 g/mol. The monoisotopic (exact) mass is 525 g/mol. The largest absolute Gasteiger partial charge is 0.388 e. The predicted octanol–water partition coefficient (Wildman–Crippen LogP) is 6.09. The molecule has 38 heavy (non-hydrogen) atoms. The highest BCUT2D eigenvalue weighted by Gasteiger charge is 2.27. The number of fused-ring (bicyclic) bond motifs is 1. The molecule has 0 spiro atoms. The third-order valence-electron chi connectivity index (χ3n) is 6.84. The van der Waals surface area contributed by atoms with Crippen molar-refractivity contribution in [2.75, 3.05) is 6.61 Å². The number of aliphatic hydroxyl groups is 1. The first-order valence-corrected chi connectivity index (χ1v) is 14.1. The van der Waals surface area contributed by atoms with Gasteiger partial charge >= 0.3 is 0 Å². The van der Waals surface area contributed by atoms with Crippen LogP contribution in [0.25, 0.3) is 10.9 Å². The number of aromatic nitrogens is 1. The van der Waals surface area contributed by atoms with Gasteiger partial charge in [0, 0.05) is 11.7 Å². The van der Waals surface area contributed by atoms with E-state index < -0.39 is 22.3 Å². The van der Waals surface area contributed by atoms with Crippen molar-refractivity contribution in [2.24, 2.45) is 0 Å². The Morgan fingerprint density at radius 2 is 1.45 bits per heavy atom. The van der Waals surface area contributed by atoms with Crippen molar-refractivity contribution in [2.45, 2.75) is 36.8 Å². The Morgan fingerprint density at radius 3 is 2.16 bits per heavy atom. The van der Waals surface area contributed by atoms with Gasteiger partial charge < -0.3 is 9.67 Å². The van der Waals surface area contributed by atoms with E-state index in [0.29, 0.717) is 0 Å². The molecule has 194 valence electrons. The van der Waals surface area contributed by atoms with Crippen molar-refractivity contribution < 1.29 is 17.7 Å². The highest BCUT2D eigenvalue weighted by molar-refractivity contribution is 7.86. The van der Waals surface area contributed by atoms with Crippen LogP contribution in [-0.2, 0) is 27.1 Å². The lowest BCUT2D eigenvalue weighted by atomic mass is 10.0. The maximum absolute atomic E-state index is 12.8. The molecule has 0 fully saturated rings. The quantitative estimate of drug-likeness (QED) is 0.224. The molecule has 2 atom stereocenters. The molecule has 5 rings (SSSR count). The van der Waals surface area contributed by atoms with E-state index in [1.807, 2.05) is 60.2 Å². The van der Waals surface area contributed by atoms with E-state index in [1.165, 1.54) is 23.3 Å². The molecule has 1 N–H and O–H groups in total. The Balaban J connectivity index is 1.39. The van der Waals surface area contributed by atoms with Crippen LogP contribution in [0.15, 0.2) is 120 Å². The van der Waals surface area contributed by atoms with Gasteiger partial charge in [-0.1, -0.05) is 84.4 Å². The second-order valence-corrected chi connectivity index (χ2v) is 11.2. The smallest absolute Gasteiger partial charge is 0.297 e. The van der Waals surface area contributed by atoms with Gasteiger partial charge in [0.2, 0.25) is 0 Å². The number of hydrogen-bond acceptors (Lipinski definition) is 4. The van der Waals surface area contributed by atoms with E-state index >= 15 is 0 Å². The lowest BCUT2D eigenvalue weighted by molar-refractivity contribution is 0.0785. The van der Waals surface area contributed by atoms with Gasteiger partial charge in [0.15, 0.2) is 0 Å². The maximum atomic E-state index is 12.8. The first-order valence-electron chi connectivity index (χ1n) is 12.7. The normalized spacial score (nSPS) is 13.4. The Kier molecular flexibility index (Phi) is 7.74. The van der Waals surface area contributed by atoms with Crippen molar-refractivity contribution >= 4 is 21.0 Å². The molecule has 0 radical (unpaired) electrons. The summed E-state index contributed by atoms with van der Waals surface area (Å²) in [6.07, 6.45) is 2.73. The number of rotatable bonds is 10. The molecule has 5 aromatic rings. The summed E-state index contributed by atoms with van der Waals surface area (Å²) in [6.45, 7) is 1.52. The Bertz CT molecular complexity index is 1590. The molecule has 0 aliphatic heterocycles. The predicted molar refractivity (Wildman–Crippen MR) is 151 cm³/mol. The summed E-state index contributed by atoms with van der Waals surface area (Å²) >= 11 is 0. The molecule has 1 heterocycles. The van der Waals surface area contributed by atoms with Gasteiger partial charge in [-0.2, -0.15) is 8.42 Å². The Morgan fingerprint density at radius 1 is 0.789 bits per heavy atom. The SMILES string of the molecule is Cc1ccc(S(=O)(=O)OC[C@@H](O)[C@H](c2ccccc2)n2ccc3cc(CCc4ccccc4)ccc32)cc1. The minimum atomic E-state index is -4.00. The summed E-state index contributed by atoms with van der Waals surface area (Å²) in [6, 6.07) is 34.4. The van der Waals surface area contributed by atoms with Crippen LogP contribution in [0.4, 0.5) is 0 Å². The van der Waals surface area contributed by atoms with Gasteiger partial charge in [-0.25, -0.2) is 0 Å². The van der Waals surface area contributed by atoms with Crippen LogP contribution in [0.1, 0.15) is 28.3 Å². The van der Waals surface area contributed by atoms with Gasteiger partial charge in [-0.05, 0) is 72.2 Å². The van der Waals surface area contributed by atoms with E-state index in [1.54, 1.807) is 12.1 Å². The third-order valence-corrected chi connectivity index (χ3v) is 8.13. The molecule has 4 aromatic carbocycles. The second-order valence-electron chi connectivity index (χ2n) is 9.58. The van der Waals surface area contributed by atoms with Gasteiger partial charge in [0.05, 0.1) is 17.5 Å². The highest BCUT2D eigenvalue weighted by atomic mass is 32.2. The zero-order chi connectivity index (χ0) is 26.5. The van der Waals surface area contributed by atoms with Crippen LogP contribution in [0.2, 0.25) is 0 Å². The summed E-state index contributed by atoms with van der Waals surface area (Å²) in [5, 5.41) is 12.4. The molecular formula is C32H31NO4S. The molecule has 0 aliphatic rings. The van der Waals surface area contributed by atoms with Crippen molar-refractivity contribution in [1.29, 1.82) is 0 Å². The number of aliphatic hydroxyl groups excluding tert-OH is 1. The third kappa shape index (κ3) is 5.89. The fourth-order valence-electron chi connectivity index (χ4n) is 4.79. The van der Waals surface area contributed by atoms with Crippen molar-refractivity contribution in [1.82, 2.24) is 4.57 Å². The van der Waals surface area contributed by atoms with Crippen LogP contribution in [0.5, 0.6) is 0 Å². The molecule has 0 unspecified atom stereocenters. The molecule has 0 amide bonds. The molecule has 5 nitrogen and oxygen atoms in total. The minimum absolute atomic E-state index is 0.0704. The zero-order valence-electron chi connectivity index (χ0n) is 21.3. The topological polar surface area (TPSA) is 68.5 Å². The fraction of sp³-hybridized carbons (Fsp3) is 0.188. The summed E-state index contributed by atoms with van der Waals surface area (Å²) in [5.41, 5.74) is 5.32. The zero-order valence-corrected chi connectivity index (χ0v) is 22.1. The van der Waals surface area contributed by atoms with Crippen LogP contribution in [-0.4, -0.2) is 30.8 Å². The van der Waals surface area contributed by atoms with Crippen LogP contribution < -0.4 is 0 Å². The van der Waals surface area contributed by atoms with Crippen molar-refractivity contribution in [3.63, 3.8) is 0 Å². The fourth-order valence-corrected chi connectivity index (χ4v) is 5.71. The lowest BCUT2D eigenvalue weighted by Crippen LogP contribution is -2.30. The summed E-state index contributed by atoms with van der Waals surface area (Å²) in [7, 11) is -4.00. The van der Waals surface area contributed by atoms with E-state index in [2.05, 4.69) is 42.5 Å². The number of nitrogens with zero attached hydrogens (tertiary/aromatic N) is 1. The van der Waals surface area contributed by atoms with Gasteiger partial charge in [-0.15, -0.1) is 0 Å². The van der Waals surface area contributed by atoms with E-state index in [4.69, 9.17) is 4.18 Å². The number of hydrogen-bond donors (Lipinski definition) is 1. The molecule has 0 saturated heterocycles. The van der Waals surface area contributed by atoms with Crippen molar-refractivity contribution in [3.8, 4) is 0 Å². The maximum Gasteiger partial charge on any atom is 0.297 e. The molecule has 1 aromatic heterocycles. The van der Waals surface area contributed by atoms with Gasteiger partial charge in [0.25, 0.3) is 10.1 Å². The van der Waals surface area contributed by atoms with Gasteiger partial charge in [0.1, 0.15) is 6.10 Å². The Labute approximate surface area is 224 Å². The lowest BCUT2D eigenvalue weighted by Gasteiger charge is -2.26. The highest BCUT2D eigenvalue weighted by Crippen LogP contribution is 2.29. The van der Waals surface area contributed by atoms with E-state index in [-0.39, 0.29) is 11.5 Å². The first kappa shape index (κ1) is 25.9. The summed E-state index contributed by atoms with van der Waals surface area (Å²) in [5.74, 6) is 0.